The summed E-state index contributed by atoms with van der Waals surface area (Å²) in [4.78, 5) is 11.1. The highest BCUT2D eigenvalue weighted by Crippen LogP contribution is 2.35. The molecule has 5 nitrogen and oxygen atoms in total. The molecule has 3 aromatic carbocycles. The lowest BCUT2D eigenvalue weighted by Crippen LogP contribution is -2.06. The minimum Gasteiger partial charge on any atom is -0.490 e. The van der Waals surface area contributed by atoms with E-state index in [4.69, 9.17) is 37.8 Å². The van der Waals surface area contributed by atoms with Gasteiger partial charge >= 0.3 is 5.97 Å². The van der Waals surface area contributed by atoms with Crippen molar-refractivity contribution in [3.05, 3.63) is 85.3 Å². The molecule has 2 N–H and O–H groups in total. The first-order valence-corrected chi connectivity index (χ1v) is 11.4. The fraction of sp³-hybridized carbons (Fsp3) is 0.208. The maximum Gasteiger partial charge on any atom is 0.335 e. The molecule has 0 aliphatic heterocycles. The van der Waals surface area contributed by atoms with E-state index in [0.717, 1.165) is 26.9 Å². The van der Waals surface area contributed by atoms with E-state index in [1.165, 1.54) is 0 Å². The number of aryl methyl sites for hydroxylation is 1. The third kappa shape index (κ3) is 6.09. The molecule has 0 aromatic heterocycles. The molecule has 0 atom stereocenters. The van der Waals surface area contributed by atoms with Crippen LogP contribution >= 0.6 is 39.1 Å². The van der Waals surface area contributed by atoms with Crippen molar-refractivity contribution in [3.63, 3.8) is 0 Å². The van der Waals surface area contributed by atoms with Crippen LogP contribution in [0.25, 0.3) is 0 Å². The predicted molar refractivity (Wildman–Crippen MR) is 132 cm³/mol. The van der Waals surface area contributed by atoms with Gasteiger partial charge in [0.1, 0.15) is 6.61 Å². The summed E-state index contributed by atoms with van der Waals surface area (Å²) in [5, 5.41) is 13.6. The summed E-state index contributed by atoms with van der Waals surface area (Å²) >= 11 is 15.8. The summed E-state index contributed by atoms with van der Waals surface area (Å²) in [6, 6.07) is 14.1. The third-order valence-corrected chi connectivity index (χ3v) is 6.08. The Hall–Kier alpha value is -2.41. The van der Waals surface area contributed by atoms with Crippen LogP contribution in [0.2, 0.25) is 10.0 Å². The van der Waals surface area contributed by atoms with Crippen LogP contribution in [0.3, 0.4) is 0 Å². The van der Waals surface area contributed by atoms with Gasteiger partial charge in [-0.2, -0.15) is 0 Å². The number of ether oxygens (including phenoxy) is 2. The Bertz CT molecular complexity index is 1140. The Labute approximate surface area is 205 Å². The quantitative estimate of drug-likeness (QED) is 0.298. The highest BCUT2D eigenvalue weighted by Gasteiger charge is 2.13. The molecule has 0 aliphatic rings. The fourth-order valence-corrected chi connectivity index (χ4v) is 4.00. The second kappa shape index (κ2) is 10.9. The summed E-state index contributed by atoms with van der Waals surface area (Å²) in [5.74, 6) is 0.269. The summed E-state index contributed by atoms with van der Waals surface area (Å²) < 4.78 is 12.6. The maximum absolute atomic E-state index is 11.1. The fourth-order valence-electron chi connectivity index (χ4n) is 3.07. The molecule has 0 fully saturated rings. The highest BCUT2D eigenvalue weighted by molar-refractivity contribution is 9.10. The lowest BCUT2D eigenvalue weighted by molar-refractivity contribution is 0.0697. The molecule has 0 saturated heterocycles. The van der Waals surface area contributed by atoms with Crippen LogP contribution in [0, 0.1) is 6.92 Å². The Balaban J connectivity index is 1.76. The minimum atomic E-state index is -0.945. The predicted octanol–water partition coefficient (Wildman–Crippen LogP) is 7.35. The van der Waals surface area contributed by atoms with Crippen LogP contribution in [-0.2, 0) is 13.2 Å². The van der Waals surface area contributed by atoms with Gasteiger partial charge in [0.25, 0.3) is 0 Å². The van der Waals surface area contributed by atoms with Crippen LogP contribution in [0.1, 0.15) is 34.0 Å². The molecular formula is C24H22BrCl2NO4. The van der Waals surface area contributed by atoms with Crippen LogP contribution in [-0.4, -0.2) is 17.7 Å². The molecule has 0 unspecified atom stereocenters. The van der Waals surface area contributed by atoms with Gasteiger partial charge in [0.05, 0.1) is 12.2 Å². The topological polar surface area (TPSA) is 67.8 Å². The van der Waals surface area contributed by atoms with Crippen molar-refractivity contribution in [2.45, 2.75) is 27.0 Å². The second-order valence-electron chi connectivity index (χ2n) is 7.04. The van der Waals surface area contributed by atoms with Crippen molar-refractivity contribution >= 4 is 50.8 Å². The number of hydrogen-bond donors (Lipinski definition) is 2. The second-order valence-corrected chi connectivity index (χ2v) is 8.73. The molecule has 0 heterocycles. The summed E-state index contributed by atoms with van der Waals surface area (Å²) in [5.41, 5.74) is 3.76. The monoisotopic (exact) mass is 537 g/mol. The van der Waals surface area contributed by atoms with Crippen LogP contribution in [0.15, 0.2) is 53.0 Å². The molecule has 3 aromatic rings. The Morgan fingerprint density at radius 3 is 2.44 bits per heavy atom. The highest BCUT2D eigenvalue weighted by atomic mass is 79.9. The van der Waals surface area contributed by atoms with E-state index >= 15 is 0 Å². The number of benzene rings is 3. The summed E-state index contributed by atoms with van der Waals surface area (Å²) in [7, 11) is 0. The molecule has 3 rings (SSSR count). The number of carboxylic acid groups (broad SMARTS) is 1. The number of nitrogens with one attached hydrogen (secondary N) is 1. The van der Waals surface area contributed by atoms with E-state index in [1.54, 1.807) is 30.3 Å². The first-order valence-electron chi connectivity index (χ1n) is 9.88. The van der Waals surface area contributed by atoms with E-state index < -0.39 is 5.97 Å². The maximum atomic E-state index is 11.1. The Morgan fingerprint density at radius 1 is 1.03 bits per heavy atom. The van der Waals surface area contributed by atoms with Crippen molar-refractivity contribution in [2.75, 3.05) is 11.9 Å². The molecule has 0 amide bonds. The molecule has 32 heavy (non-hydrogen) atoms. The zero-order valence-corrected chi connectivity index (χ0v) is 20.6. The van der Waals surface area contributed by atoms with Crippen molar-refractivity contribution < 1.29 is 19.4 Å². The van der Waals surface area contributed by atoms with Gasteiger partial charge in [-0.3, -0.25) is 0 Å². The number of anilines is 1. The molecule has 0 spiro atoms. The van der Waals surface area contributed by atoms with E-state index in [2.05, 4.69) is 21.2 Å². The zero-order chi connectivity index (χ0) is 23.3. The number of carboxylic acids is 1. The lowest BCUT2D eigenvalue weighted by Gasteiger charge is -2.17. The number of carbonyl (C=O) groups is 1. The van der Waals surface area contributed by atoms with Crippen LogP contribution in [0.5, 0.6) is 11.5 Å². The number of aromatic carboxylic acids is 1. The molecule has 0 saturated carbocycles. The molecule has 0 aliphatic carbocycles. The lowest BCUT2D eigenvalue weighted by atomic mass is 10.1. The van der Waals surface area contributed by atoms with Gasteiger partial charge < -0.3 is 19.9 Å². The number of rotatable bonds is 9. The van der Waals surface area contributed by atoms with Gasteiger partial charge in [-0.15, -0.1) is 0 Å². The SMILES string of the molecule is CCOc1cc(CNc2ccc(C(=O)O)cc2C)c(Br)cc1OCc1ccc(Cl)cc1Cl. The van der Waals surface area contributed by atoms with Gasteiger partial charge in [0.2, 0.25) is 0 Å². The largest absolute Gasteiger partial charge is 0.490 e. The molecule has 0 radical (unpaired) electrons. The first-order chi connectivity index (χ1) is 15.3. The molecule has 168 valence electrons. The first kappa shape index (κ1) is 24.2. The van der Waals surface area contributed by atoms with Crippen molar-refractivity contribution in [2.24, 2.45) is 0 Å². The van der Waals surface area contributed by atoms with Crippen molar-refractivity contribution in [3.8, 4) is 11.5 Å². The summed E-state index contributed by atoms with van der Waals surface area (Å²) in [6.45, 7) is 5.05. The van der Waals surface area contributed by atoms with Gasteiger partial charge in [-0.05, 0) is 67.4 Å². The van der Waals surface area contributed by atoms with E-state index in [-0.39, 0.29) is 12.2 Å². The van der Waals surface area contributed by atoms with E-state index in [1.807, 2.05) is 32.0 Å². The Kier molecular flexibility index (Phi) is 8.29. The zero-order valence-electron chi connectivity index (χ0n) is 17.5. The third-order valence-electron chi connectivity index (χ3n) is 4.75. The van der Waals surface area contributed by atoms with Crippen LogP contribution < -0.4 is 14.8 Å². The number of halogens is 3. The van der Waals surface area contributed by atoms with Gasteiger partial charge in [0, 0.05) is 32.3 Å². The average Bonchev–Trinajstić information content (AvgIpc) is 2.74. The standard InChI is InChI=1S/C24H22BrCl2NO4/c1-3-31-22-9-17(12-28-21-7-5-15(24(29)30)8-14(21)2)19(25)11-23(22)32-13-16-4-6-18(26)10-20(16)27/h4-11,28H,3,12-13H2,1-2H3,(H,29,30). The van der Waals surface area contributed by atoms with Gasteiger partial charge in [0.15, 0.2) is 11.5 Å². The Morgan fingerprint density at radius 2 is 1.78 bits per heavy atom. The smallest absolute Gasteiger partial charge is 0.335 e. The minimum absolute atomic E-state index is 0.259. The van der Waals surface area contributed by atoms with Crippen molar-refractivity contribution in [1.82, 2.24) is 0 Å². The number of hydrogen-bond acceptors (Lipinski definition) is 4. The summed E-state index contributed by atoms with van der Waals surface area (Å²) in [6.07, 6.45) is 0. The molecule has 0 bridgehead atoms. The van der Waals surface area contributed by atoms with E-state index in [9.17, 15) is 4.79 Å². The normalized spacial score (nSPS) is 10.7. The van der Waals surface area contributed by atoms with Crippen LogP contribution in [0.4, 0.5) is 5.69 Å². The van der Waals surface area contributed by atoms with Gasteiger partial charge in [-0.1, -0.05) is 45.2 Å². The van der Waals surface area contributed by atoms with Crippen molar-refractivity contribution in [1.29, 1.82) is 0 Å². The van der Waals surface area contributed by atoms with Gasteiger partial charge in [-0.25, -0.2) is 4.79 Å². The molecular weight excluding hydrogens is 517 g/mol. The van der Waals surface area contributed by atoms with E-state index in [0.29, 0.717) is 34.7 Å². The molecule has 8 heteroatoms. The average molecular weight is 539 g/mol.